The fourth-order valence-corrected chi connectivity index (χ4v) is 2.60. The van der Waals surface area contributed by atoms with Crippen LogP contribution < -0.4 is 14.8 Å². The van der Waals surface area contributed by atoms with Gasteiger partial charge in [-0.05, 0) is 12.0 Å². The maximum absolute atomic E-state index is 12.1. The minimum absolute atomic E-state index is 0.0785. The Balaban J connectivity index is 1.65. The molecule has 1 amide bonds. The van der Waals surface area contributed by atoms with E-state index >= 15 is 0 Å². The van der Waals surface area contributed by atoms with E-state index in [-0.39, 0.29) is 5.91 Å². The Hall–Kier alpha value is -2.20. The Labute approximate surface area is 140 Å². The number of aryl methyl sites for hydroxylation is 1. The van der Waals surface area contributed by atoms with Gasteiger partial charge in [0.1, 0.15) is 0 Å². The van der Waals surface area contributed by atoms with Gasteiger partial charge >= 0.3 is 0 Å². The zero-order valence-corrected chi connectivity index (χ0v) is 13.4. The third-order valence-corrected chi connectivity index (χ3v) is 3.91. The van der Waals surface area contributed by atoms with E-state index in [2.05, 4.69) is 5.32 Å². The highest BCUT2D eigenvalue weighted by Gasteiger charge is 2.15. The van der Waals surface area contributed by atoms with E-state index < -0.39 is 0 Å². The SMILES string of the molecule is O=C(CCc1ccccc1)Nc1cc2c(cc1Cl)OCCCO2. The van der Waals surface area contributed by atoms with E-state index in [1.54, 1.807) is 12.1 Å². The molecule has 2 aromatic carbocycles. The number of carbonyl (C=O) groups is 1. The minimum Gasteiger partial charge on any atom is -0.490 e. The van der Waals surface area contributed by atoms with Gasteiger partial charge in [0, 0.05) is 25.0 Å². The Bertz CT molecular complexity index is 688. The van der Waals surface area contributed by atoms with Gasteiger partial charge in [-0.3, -0.25) is 4.79 Å². The molecule has 0 aromatic heterocycles. The van der Waals surface area contributed by atoms with Gasteiger partial charge in [-0.2, -0.15) is 0 Å². The van der Waals surface area contributed by atoms with Crippen LogP contribution in [0.5, 0.6) is 11.5 Å². The molecule has 23 heavy (non-hydrogen) atoms. The van der Waals surface area contributed by atoms with Crippen molar-refractivity contribution in [3.63, 3.8) is 0 Å². The second kappa shape index (κ2) is 7.38. The average Bonchev–Trinajstić information content (AvgIpc) is 2.79. The van der Waals surface area contributed by atoms with Crippen LogP contribution in [0.3, 0.4) is 0 Å². The molecule has 1 heterocycles. The summed E-state index contributed by atoms with van der Waals surface area (Å²) in [6, 6.07) is 13.3. The van der Waals surface area contributed by atoms with Crippen LogP contribution in [0.2, 0.25) is 5.02 Å². The summed E-state index contributed by atoms with van der Waals surface area (Å²) in [4.78, 5) is 12.1. The molecule has 0 atom stereocenters. The fourth-order valence-electron chi connectivity index (χ4n) is 2.39. The van der Waals surface area contributed by atoms with Crippen molar-refractivity contribution >= 4 is 23.2 Å². The summed E-state index contributed by atoms with van der Waals surface area (Å²) in [5.41, 5.74) is 1.68. The normalized spacial score (nSPS) is 13.3. The highest BCUT2D eigenvalue weighted by molar-refractivity contribution is 6.34. The number of rotatable bonds is 4. The summed E-state index contributed by atoms with van der Waals surface area (Å²) in [7, 11) is 0. The number of amides is 1. The molecule has 4 nitrogen and oxygen atoms in total. The number of halogens is 1. The van der Waals surface area contributed by atoms with Crippen molar-refractivity contribution in [3.8, 4) is 11.5 Å². The molecule has 1 aliphatic rings. The van der Waals surface area contributed by atoms with Crippen LogP contribution in [0, 0.1) is 0 Å². The predicted molar refractivity (Wildman–Crippen MR) is 90.5 cm³/mol. The molecule has 3 rings (SSSR count). The van der Waals surface area contributed by atoms with E-state index in [0.717, 1.165) is 12.0 Å². The molecule has 0 radical (unpaired) electrons. The molecule has 0 spiro atoms. The van der Waals surface area contributed by atoms with Gasteiger partial charge in [-0.25, -0.2) is 0 Å². The van der Waals surface area contributed by atoms with E-state index in [1.165, 1.54) is 0 Å². The molecular formula is C18H18ClNO3. The van der Waals surface area contributed by atoms with Crippen molar-refractivity contribution in [1.29, 1.82) is 0 Å². The van der Waals surface area contributed by atoms with Crippen molar-refractivity contribution in [2.45, 2.75) is 19.3 Å². The van der Waals surface area contributed by atoms with Crippen molar-refractivity contribution in [2.24, 2.45) is 0 Å². The number of hydrogen-bond acceptors (Lipinski definition) is 3. The van der Waals surface area contributed by atoms with Gasteiger partial charge < -0.3 is 14.8 Å². The van der Waals surface area contributed by atoms with Gasteiger partial charge in [-0.1, -0.05) is 41.9 Å². The maximum Gasteiger partial charge on any atom is 0.224 e. The van der Waals surface area contributed by atoms with E-state index in [9.17, 15) is 4.79 Å². The Morgan fingerprint density at radius 2 is 1.78 bits per heavy atom. The summed E-state index contributed by atoms with van der Waals surface area (Å²) >= 11 is 6.23. The second-order valence-corrected chi connectivity index (χ2v) is 5.77. The van der Waals surface area contributed by atoms with Gasteiger partial charge in [0.2, 0.25) is 5.91 Å². The summed E-state index contributed by atoms with van der Waals surface area (Å²) < 4.78 is 11.2. The molecule has 120 valence electrons. The van der Waals surface area contributed by atoms with Crippen LogP contribution in [0.1, 0.15) is 18.4 Å². The van der Waals surface area contributed by atoms with Crippen LogP contribution in [-0.2, 0) is 11.2 Å². The summed E-state index contributed by atoms with van der Waals surface area (Å²) in [6.07, 6.45) is 1.91. The third-order valence-electron chi connectivity index (χ3n) is 3.59. The fraction of sp³-hybridized carbons (Fsp3) is 0.278. The number of fused-ring (bicyclic) bond motifs is 1. The van der Waals surface area contributed by atoms with E-state index in [1.807, 2.05) is 30.3 Å². The lowest BCUT2D eigenvalue weighted by molar-refractivity contribution is -0.116. The number of carbonyl (C=O) groups excluding carboxylic acids is 1. The van der Waals surface area contributed by atoms with Crippen molar-refractivity contribution < 1.29 is 14.3 Å². The Morgan fingerprint density at radius 3 is 2.52 bits per heavy atom. The maximum atomic E-state index is 12.1. The first-order valence-electron chi connectivity index (χ1n) is 7.65. The second-order valence-electron chi connectivity index (χ2n) is 5.36. The van der Waals surface area contributed by atoms with Crippen LogP contribution in [0.4, 0.5) is 5.69 Å². The third kappa shape index (κ3) is 4.17. The topological polar surface area (TPSA) is 47.6 Å². The van der Waals surface area contributed by atoms with Crippen LogP contribution in [0.15, 0.2) is 42.5 Å². The molecule has 1 aliphatic heterocycles. The number of ether oxygens (including phenoxy) is 2. The van der Waals surface area contributed by atoms with Gasteiger partial charge in [-0.15, -0.1) is 0 Å². The first kappa shape index (κ1) is 15.7. The molecule has 0 unspecified atom stereocenters. The summed E-state index contributed by atoms with van der Waals surface area (Å²) in [5, 5.41) is 3.29. The molecule has 1 N–H and O–H groups in total. The largest absolute Gasteiger partial charge is 0.490 e. The van der Waals surface area contributed by atoms with Crippen LogP contribution in [0.25, 0.3) is 0 Å². The van der Waals surface area contributed by atoms with Gasteiger partial charge in [0.25, 0.3) is 0 Å². The average molecular weight is 332 g/mol. The van der Waals surface area contributed by atoms with Crippen LogP contribution >= 0.6 is 11.6 Å². The monoisotopic (exact) mass is 331 g/mol. The molecule has 0 saturated carbocycles. The zero-order valence-electron chi connectivity index (χ0n) is 12.7. The smallest absolute Gasteiger partial charge is 0.224 e. The van der Waals surface area contributed by atoms with Gasteiger partial charge in [0.05, 0.1) is 23.9 Å². The molecular weight excluding hydrogens is 314 g/mol. The number of nitrogens with one attached hydrogen (secondary N) is 1. The van der Waals surface area contributed by atoms with Crippen molar-refractivity contribution in [1.82, 2.24) is 0 Å². The molecule has 0 aliphatic carbocycles. The van der Waals surface area contributed by atoms with Crippen molar-refractivity contribution in [2.75, 3.05) is 18.5 Å². The molecule has 0 saturated heterocycles. The summed E-state index contributed by atoms with van der Waals surface area (Å²) in [6.45, 7) is 1.20. The Kier molecular flexibility index (Phi) is 5.03. The molecule has 5 heteroatoms. The highest BCUT2D eigenvalue weighted by atomic mass is 35.5. The lowest BCUT2D eigenvalue weighted by Gasteiger charge is -2.12. The first-order chi connectivity index (χ1) is 11.2. The number of anilines is 1. The minimum atomic E-state index is -0.0785. The summed E-state index contributed by atoms with van der Waals surface area (Å²) in [5.74, 6) is 1.16. The zero-order chi connectivity index (χ0) is 16.1. The molecule has 2 aromatic rings. The van der Waals surface area contributed by atoms with Gasteiger partial charge in [0.15, 0.2) is 11.5 Å². The standard InChI is InChI=1S/C18H18ClNO3/c19-14-11-16-17(23-10-4-9-22-16)12-15(14)20-18(21)8-7-13-5-2-1-3-6-13/h1-3,5-6,11-12H,4,7-10H2,(H,20,21). The van der Waals surface area contributed by atoms with E-state index in [4.69, 9.17) is 21.1 Å². The highest BCUT2D eigenvalue weighted by Crippen LogP contribution is 2.37. The quantitative estimate of drug-likeness (QED) is 0.918. The lowest BCUT2D eigenvalue weighted by atomic mass is 10.1. The van der Waals surface area contributed by atoms with E-state index in [0.29, 0.717) is 48.3 Å². The van der Waals surface area contributed by atoms with Crippen molar-refractivity contribution in [3.05, 3.63) is 53.1 Å². The molecule has 0 fully saturated rings. The first-order valence-corrected chi connectivity index (χ1v) is 8.03. The number of benzene rings is 2. The predicted octanol–water partition coefficient (Wildman–Crippen LogP) is 4.07. The van der Waals surface area contributed by atoms with Crippen LogP contribution in [-0.4, -0.2) is 19.1 Å². The Morgan fingerprint density at radius 1 is 1.09 bits per heavy atom. The molecule has 0 bridgehead atoms. The number of hydrogen-bond donors (Lipinski definition) is 1. The lowest BCUT2D eigenvalue weighted by Crippen LogP contribution is -2.13.